The minimum atomic E-state index is -3.81. The molecule has 0 saturated heterocycles. The summed E-state index contributed by atoms with van der Waals surface area (Å²) in [6, 6.07) is 0. The molecule has 0 aromatic rings. The van der Waals surface area contributed by atoms with Crippen molar-refractivity contribution in [1.82, 2.24) is 0 Å². The van der Waals surface area contributed by atoms with E-state index in [1.54, 1.807) is 0 Å². The summed E-state index contributed by atoms with van der Waals surface area (Å²) in [4.78, 5) is 45.3. The van der Waals surface area contributed by atoms with Gasteiger partial charge in [-0.25, -0.2) is 0 Å². The Morgan fingerprint density at radius 2 is 0.444 bits per heavy atom. The van der Waals surface area contributed by atoms with E-state index in [1.807, 2.05) is 55.4 Å². The standard InChI is InChI=1S/4C2H6.2H3O3PS/c4*1-2;2*1-4(2,3)5/h4*1-2H3;2*(H3,1,2,3,5). The van der Waals surface area contributed by atoms with Crippen LogP contribution in [0.4, 0.5) is 0 Å². The van der Waals surface area contributed by atoms with Gasteiger partial charge in [-0.15, -0.1) is 0 Å². The fraction of sp³-hybridized carbons (Fsp3) is 1.00. The van der Waals surface area contributed by atoms with Crippen LogP contribution in [-0.2, 0) is 23.6 Å². The predicted molar refractivity (Wildman–Crippen MR) is 87.3 cm³/mol. The molecule has 0 bridgehead atoms. The highest BCUT2D eigenvalue weighted by molar-refractivity contribution is 8.06. The maximum absolute atomic E-state index is 7.56. The van der Waals surface area contributed by atoms with Crippen molar-refractivity contribution < 1.29 is 29.4 Å². The molecular formula is C8H30O6P2S2. The second-order valence-electron chi connectivity index (χ2n) is 1.03. The SMILES string of the molecule is CC.CC.CC.CC.OP(O)(O)=S.OP(O)(O)=S. The van der Waals surface area contributed by atoms with Crippen LogP contribution >= 0.6 is 13.4 Å². The normalized spacial score (nSPS) is 7.89. The van der Waals surface area contributed by atoms with E-state index in [-0.39, 0.29) is 0 Å². The molecule has 18 heavy (non-hydrogen) atoms. The lowest BCUT2D eigenvalue weighted by atomic mass is 11.0. The van der Waals surface area contributed by atoms with Crippen LogP contribution in [0.1, 0.15) is 55.4 Å². The average Bonchev–Trinajstić information content (AvgIpc) is 2.24. The predicted octanol–water partition coefficient (Wildman–Crippen LogP) is 2.48. The van der Waals surface area contributed by atoms with Gasteiger partial charge in [0.15, 0.2) is 0 Å². The topological polar surface area (TPSA) is 121 Å². The van der Waals surface area contributed by atoms with E-state index in [0.29, 0.717) is 0 Å². The monoisotopic (exact) mass is 348 g/mol. The quantitative estimate of drug-likeness (QED) is 0.369. The Hall–Kier alpha value is 1.06. The van der Waals surface area contributed by atoms with Gasteiger partial charge in [0.05, 0.1) is 0 Å². The molecular weight excluding hydrogens is 318 g/mol. The van der Waals surface area contributed by atoms with Crippen molar-refractivity contribution in [2.75, 3.05) is 0 Å². The summed E-state index contributed by atoms with van der Waals surface area (Å²) in [6.45, 7) is 8.39. The second-order valence-corrected chi connectivity index (χ2v) is 6.02. The molecule has 0 spiro atoms. The van der Waals surface area contributed by atoms with Crippen molar-refractivity contribution in [3.63, 3.8) is 0 Å². The van der Waals surface area contributed by atoms with Gasteiger partial charge in [-0.3, -0.25) is 0 Å². The first-order valence-corrected chi connectivity index (χ1v) is 10.9. The van der Waals surface area contributed by atoms with Gasteiger partial charge >= 0.3 is 13.4 Å². The fourth-order valence-corrected chi connectivity index (χ4v) is 0. The minimum absolute atomic E-state index is 2.00. The zero-order chi connectivity index (χ0) is 17.0. The molecule has 120 valence electrons. The Labute approximate surface area is 122 Å². The molecule has 0 aliphatic rings. The lowest BCUT2D eigenvalue weighted by Crippen LogP contribution is -1.65. The van der Waals surface area contributed by atoms with Crippen LogP contribution in [0.25, 0.3) is 0 Å². The zero-order valence-corrected chi connectivity index (χ0v) is 15.8. The molecule has 0 aliphatic carbocycles. The fourth-order valence-electron chi connectivity index (χ4n) is 0. The molecule has 0 heterocycles. The highest BCUT2D eigenvalue weighted by Gasteiger charge is 1.92. The summed E-state index contributed by atoms with van der Waals surface area (Å²) >= 11 is 7.21. The van der Waals surface area contributed by atoms with Crippen LogP contribution in [0.15, 0.2) is 0 Å². The third-order valence-electron chi connectivity index (χ3n) is 0. The molecule has 0 saturated carbocycles. The van der Waals surface area contributed by atoms with Crippen LogP contribution < -0.4 is 0 Å². The van der Waals surface area contributed by atoms with E-state index in [9.17, 15) is 0 Å². The zero-order valence-electron chi connectivity index (χ0n) is 12.4. The second kappa shape index (κ2) is 30.8. The lowest BCUT2D eigenvalue weighted by molar-refractivity contribution is 0.361. The Balaban J connectivity index is -0.0000000260. The molecule has 6 nitrogen and oxygen atoms in total. The smallest absolute Gasteiger partial charge is 0.319 e. The molecule has 0 fully saturated rings. The van der Waals surface area contributed by atoms with Crippen molar-refractivity contribution in [2.24, 2.45) is 0 Å². The first-order valence-electron chi connectivity index (χ1n) is 5.57. The first kappa shape index (κ1) is 36.4. The Kier molecular flexibility index (Phi) is 62.4. The molecule has 6 N–H and O–H groups in total. The van der Waals surface area contributed by atoms with Gasteiger partial charge in [0.1, 0.15) is 0 Å². The van der Waals surface area contributed by atoms with Gasteiger partial charge < -0.3 is 29.4 Å². The third-order valence-corrected chi connectivity index (χ3v) is 0. The van der Waals surface area contributed by atoms with E-state index in [0.717, 1.165) is 0 Å². The van der Waals surface area contributed by atoms with Crippen LogP contribution in [0.2, 0.25) is 0 Å². The highest BCUT2D eigenvalue weighted by Crippen LogP contribution is 2.26. The summed E-state index contributed by atoms with van der Waals surface area (Å²) in [5, 5.41) is 0. The molecule has 0 rings (SSSR count). The number of hydrogen-bond acceptors (Lipinski definition) is 2. The van der Waals surface area contributed by atoms with Gasteiger partial charge in [0.2, 0.25) is 0 Å². The molecule has 0 radical (unpaired) electrons. The van der Waals surface area contributed by atoms with Gasteiger partial charge in [0.25, 0.3) is 0 Å². The minimum Gasteiger partial charge on any atom is -0.325 e. The maximum Gasteiger partial charge on any atom is 0.319 e. The summed E-state index contributed by atoms with van der Waals surface area (Å²) in [5.74, 6) is 0. The van der Waals surface area contributed by atoms with Gasteiger partial charge in [0, 0.05) is 0 Å². The molecule has 0 aliphatic heterocycles. The largest absolute Gasteiger partial charge is 0.325 e. The van der Waals surface area contributed by atoms with E-state index >= 15 is 0 Å². The van der Waals surface area contributed by atoms with Crippen molar-refractivity contribution in [2.45, 2.75) is 55.4 Å². The molecule has 10 heteroatoms. The van der Waals surface area contributed by atoms with Crippen molar-refractivity contribution in [3.05, 3.63) is 0 Å². The third kappa shape index (κ3) is 3920. The van der Waals surface area contributed by atoms with Gasteiger partial charge in [-0.05, 0) is 23.6 Å². The Morgan fingerprint density at radius 1 is 0.444 bits per heavy atom. The van der Waals surface area contributed by atoms with E-state index in [2.05, 4.69) is 23.6 Å². The van der Waals surface area contributed by atoms with Gasteiger partial charge in [-0.2, -0.15) is 0 Å². The van der Waals surface area contributed by atoms with Crippen LogP contribution in [0, 0.1) is 0 Å². The number of rotatable bonds is 0. The van der Waals surface area contributed by atoms with Gasteiger partial charge in [-0.1, -0.05) is 55.4 Å². The Bertz CT molecular complexity index is 144. The maximum atomic E-state index is 7.56. The van der Waals surface area contributed by atoms with E-state index in [4.69, 9.17) is 29.4 Å². The van der Waals surface area contributed by atoms with Crippen molar-refractivity contribution in [3.8, 4) is 0 Å². The summed E-state index contributed by atoms with van der Waals surface area (Å²) in [7, 11) is 0. The van der Waals surface area contributed by atoms with E-state index in [1.165, 1.54) is 0 Å². The molecule has 0 unspecified atom stereocenters. The molecule has 0 atom stereocenters. The van der Waals surface area contributed by atoms with Crippen LogP contribution in [0.3, 0.4) is 0 Å². The highest BCUT2D eigenvalue weighted by atomic mass is 32.5. The average molecular weight is 348 g/mol. The summed E-state index contributed by atoms with van der Waals surface area (Å²) < 4.78 is 0. The Morgan fingerprint density at radius 3 is 0.444 bits per heavy atom. The first-order chi connectivity index (χ1) is 8.00. The molecule has 0 aromatic heterocycles. The molecule has 0 amide bonds. The summed E-state index contributed by atoms with van der Waals surface area (Å²) in [5.41, 5.74) is 0. The van der Waals surface area contributed by atoms with Crippen molar-refractivity contribution >= 4 is 37.1 Å². The summed E-state index contributed by atoms with van der Waals surface area (Å²) in [6.07, 6.45) is 0. The van der Waals surface area contributed by atoms with Crippen LogP contribution in [-0.4, -0.2) is 29.4 Å². The van der Waals surface area contributed by atoms with Crippen molar-refractivity contribution in [1.29, 1.82) is 0 Å². The van der Waals surface area contributed by atoms with Crippen LogP contribution in [0.5, 0.6) is 0 Å². The molecule has 0 aromatic carbocycles. The number of hydrogen-bond donors (Lipinski definition) is 6. The van der Waals surface area contributed by atoms with E-state index < -0.39 is 13.4 Å². The lowest BCUT2D eigenvalue weighted by Gasteiger charge is -1.88.